The van der Waals surface area contributed by atoms with E-state index in [2.05, 4.69) is 5.32 Å². The Morgan fingerprint density at radius 2 is 1.91 bits per heavy atom. The van der Waals surface area contributed by atoms with E-state index in [9.17, 15) is 4.79 Å². The van der Waals surface area contributed by atoms with E-state index in [-0.39, 0.29) is 12.5 Å². The molecule has 0 bridgehead atoms. The normalized spacial score (nSPS) is 10.2. The zero-order chi connectivity index (χ0) is 16.7. The second-order valence-electron chi connectivity index (χ2n) is 5.17. The predicted molar refractivity (Wildman–Crippen MR) is 91.4 cm³/mol. The molecule has 2 aromatic rings. The molecule has 23 heavy (non-hydrogen) atoms. The zero-order valence-corrected chi connectivity index (χ0v) is 14.0. The molecule has 4 nitrogen and oxygen atoms in total. The van der Waals surface area contributed by atoms with Crippen LogP contribution in [0.3, 0.4) is 0 Å². The van der Waals surface area contributed by atoms with Crippen molar-refractivity contribution >= 4 is 17.5 Å². The molecule has 0 heterocycles. The van der Waals surface area contributed by atoms with Crippen molar-refractivity contribution in [2.75, 3.05) is 20.3 Å². The van der Waals surface area contributed by atoms with Gasteiger partial charge in [-0.05, 0) is 48.7 Å². The first kappa shape index (κ1) is 17.2. The number of nitrogens with one attached hydrogen (secondary N) is 1. The second-order valence-corrected chi connectivity index (χ2v) is 5.58. The summed E-state index contributed by atoms with van der Waals surface area (Å²) in [7, 11) is 1.63. The van der Waals surface area contributed by atoms with Crippen LogP contribution in [0.1, 0.15) is 11.1 Å². The molecule has 0 unspecified atom stereocenters. The van der Waals surface area contributed by atoms with E-state index in [0.29, 0.717) is 17.3 Å². The molecule has 0 saturated carbocycles. The third-order valence-corrected chi connectivity index (χ3v) is 3.65. The third kappa shape index (κ3) is 5.49. The van der Waals surface area contributed by atoms with E-state index in [4.69, 9.17) is 21.1 Å². The van der Waals surface area contributed by atoms with Crippen LogP contribution < -0.4 is 14.8 Å². The molecule has 5 heteroatoms. The summed E-state index contributed by atoms with van der Waals surface area (Å²) in [6.07, 6.45) is 0.751. The molecule has 0 fully saturated rings. The van der Waals surface area contributed by atoms with Crippen molar-refractivity contribution in [1.82, 2.24) is 5.32 Å². The Morgan fingerprint density at radius 3 is 2.61 bits per heavy atom. The first-order valence-corrected chi connectivity index (χ1v) is 7.75. The minimum Gasteiger partial charge on any atom is -0.497 e. The molecule has 0 aliphatic rings. The summed E-state index contributed by atoms with van der Waals surface area (Å²) >= 11 is 6.02. The van der Waals surface area contributed by atoms with Crippen LogP contribution in [-0.2, 0) is 11.2 Å². The topological polar surface area (TPSA) is 47.6 Å². The van der Waals surface area contributed by atoms with Crippen LogP contribution in [-0.4, -0.2) is 26.2 Å². The van der Waals surface area contributed by atoms with E-state index in [1.807, 2.05) is 43.3 Å². The fraction of sp³-hybridized carbons (Fsp3) is 0.278. The number of carbonyl (C=O) groups excluding carboxylic acids is 1. The Kier molecular flexibility index (Phi) is 6.29. The molecule has 0 aromatic heterocycles. The fourth-order valence-corrected chi connectivity index (χ4v) is 2.23. The van der Waals surface area contributed by atoms with Crippen LogP contribution in [0.25, 0.3) is 0 Å². The lowest BCUT2D eigenvalue weighted by atomic mass is 10.1. The number of carbonyl (C=O) groups is 1. The molecule has 122 valence electrons. The van der Waals surface area contributed by atoms with Gasteiger partial charge in [0.25, 0.3) is 5.91 Å². The van der Waals surface area contributed by atoms with Crippen LogP contribution in [0.5, 0.6) is 11.5 Å². The van der Waals surface area contributed by atoms with Gasteiger partial charge in [-0.2, -0.15) is 0 Å². The molecular formula is C18H20ClNO3. The Labute approximate surface area is 141 Å². The smallest absolute Gasteiger partial charge is 0.257 e. The van der Waals surface area contributed by atoms with Gasteiger partial charge in [-0.15, -0.1) is 0 Å². The van der Waals surface area contributed by atoms with Gasteiger partial charge in [0, 0.05) is 6.54 Å². The van der Waals surface area contributed by atoms with Crippen molar-refractivity contribution < 1.29 is 14.3 Å². The number of benzene rings is 2. The molecule has 0 radical (unpaired) electrons. The number of rotatable bonds is 7. The van der Waals surface area contributed by atoms with Gasteiger partial charge in [-0.25, -0.2) is 0 Å². The quantitative estimate of drug-likeness (QED) is 0.844. The van der Waals surface area contributed by atoms with Gasteiger partial charge in [-0.1, -0.05) is 29.8 Å². The molecule has 1 amide bonds. The molecule has 0 atom stereocenters. The average molecular weight is 334 g/mol. The number of ether oxygens (including phenoxy) is 2. The van der Waals surface area contributed by atoms with Gasteiger partial charge in [-0.3, -0.25) is 4.79 Å². The number of hydrogen-bond acceptors (Lipinski definition) is 3. The Hall–Kier alpha value is -2.20. The molecule has 0 aliphatic heterocycles. The number of halogens is 1. The first-order valence-electron chi connectivity index (χ1n) is 7.37. The van der Waals surface area contributed by atoms with Crippen LogP contribution >= 0.6 is 11.6 Å². The Balaban J connectivity index is 1.73. The second kappa shape index (κ2) is 8.44. The summed E-state index contributed by atoms with van der Waals surface area (Å²) in [5, 5.41) is 3.33. The number of hydrogen-bond donors (Lipinski definition) is 1. The number of aryl methyl sites for hydroxylation is 1. The maximum Gasteiger partial charge on any atom is 0.257 e. The third-order valence-electron chi connectivity index (χ3n) is 3.34. The Bertz CT molecular complexity index is 656. The van der Waals surface area contributed by atoms with Crippen molar-refractivity contribution in [3.63, 3.8) is 0 Å². The highest BCUT2D eigenvalue weighted by Gasteiger charge is 2.06. The van der Waals surface area contributed by atoms with E-state index in [1.54, 1.807) is 13.2 Å². The number of methoxy groups -OCH3 is 1. The van der Waals surface area contributed by atoms with Gasteiger partial charge < -0.3 is 14.8 Å². The molecule has 0 saturated heterocycles. The van der Waals surface area contributed by atoms with Crippen LogP contribution in [0, 0.1) is 6.92 Å². The monoisotopic (exact) mass is 333 g/mol. The maximum absolute atomic E-state index is 11.8. The molecule has 2 aromatic carbocycles. The lowest BCUT2D eigenvalue weighted by Gasteiger charge is -2.09. The van der Waals surface area contributed by atoms with Gasteiger partial charge >= 0.3 is 0 Å². The van der Waals surface area contributed by atoms with Gasteiger partial charge in [0.05, 0.1) is 12.1 Å². The summed E-state index contributed by atoms with van der Waals surface area (Å²) in [6.45, 7) is 2.44. The van der Waals surface area contributed by atoms with Crippen LogP contribution in [0.2, 0.25) is 5.02 Å². The van der Waals surface area contributed by atoms with Gasteiger partial charge in [0.1, 0.15) is 11.5 Å². The average Bonchev–Trinajstić information content (AvgIpc) is 2.56. The summed E-state index contributed by atoms with van der Waals surface area (Å²) in [4.78, 5) is 11.8. The SMILES string of the molecule is COc1ccc(CCNC(=O)COc2cc(C)ccc2Cl)cc1. The van der Waals surface area contributed by atoms with Crippen molar-refractivity contribution in [2.24, 2.45) is 0 Å². The molecule has 0 aliphatic carbocycles. The van der Waals surface area contributed by atoms with Crippen molar-refractivity contribution in [2.45, 2.75) is 13.3 Å². The van der Waals surface area contributed by atoms with E-state index in [0.717, 1.165) is 23.3 Å². The largest absolute Gasteiger partial charge is 0.497 e. The van der Waals surface area contributed by atoms with Gasteiger partial charge in [0.15, 0.2) is 6.61 Å². The summed E-state index contributed by atoms with van der Waals surface area (Å²) in [5.74, 6) is 1.18. The highest BCUT2D eigenvalue weighted by atomic mass is 35.5. The summed E-state index contributed by atoms with van der Waals surface area (Å²) < 4.78 is 10.6. The summed E-state index contributed by atoms with van der Waals surface area (Å²) in [5.41, 5.74) is 2.16. The van der Waals surface area contributed by atoms with Crippen LogP contribution in [0.15, 0.2) is 42.5 Å². The number of amides is 1. The molecular weight excluding hydrogens is 314 g/mol. The minimum atomic E-state index is -0.170. The van der Waals surface area contributed by atoms with Crippen molar-refractivity contribution in [3.8, 4) is 11.5 Å². The van der Waals surface area contributed by atoms with Gasteiger partial charge in [0.2, 0.25) is 0 Å². The fourth-order valence-electron chi connectivity index (χ4n) is 2.05. The standard InChI is InChI=1S/C18H20ClNO3/c1-13-3-8-16(19)17(11-13)23-12-18(21)20-10-9-14-4-6-15(22-2)7-5-14/h3-8,11H,9-10,12H2,1-2H3,(H,20,21). The lowest BCUT2D eigenvalue weighted by molar-refractivity contribution is -0.123. The van der Waals surface area contributed by atoms with E-state index >= 15 is 0 Å². The molecule has 1 N–H and O–H groups in total. The zero-order valence-electron chi connectivity index (χ0n) is 13.3. The summed E-state index contributed by atoms with van der Waals surface area (Å²) in [6, 6.07) is 13.2. The van der Waals surface area contributed by atoms with E-state index in [1.165, 1.54) is 0 Å². The van der Waals surface area contributed by atoms with E-state index < -0.39 is 0 Å². The van der Waals surface area contributed by atoms with Crippen molar-refractivity contribution in [1.29, 1.82) is 0 Å². The highest BCUT2D eigenvalue weighted by molar-refractivity contribution is 6.32. The molecule has 2 rings (SSSR count). The Morgan fingerprint density at radius 1 is 1.17 bits per heavy atom. The molecule has 0 spiro atoms. The first-order chi connectivity index (χ1) is 11.1. The van der Waals surface area contributed by atoms with Crippen LogP contribution in [0.4, 0.5) is 0 Å². The van der Waals surface area contributed by atoms with Crippen molar-refractivity contribution in [3.05, 3.63) is 58.6 Å². The minimum absolute atomic E-state index is 0.0498. The maximum atomic E-state index is 11.8. The lowest BCUT2D eigenvalue weighted by Crippen LogP contribution is -2.30. The predicted octanol–water partition coefficient (Wildman–Crippen LogP) is 3.39. The highest BCUT2D eigenvalue weighted by Crippen LogP contribution is 2.25.